The fraction of sp³-hybridized carbons (Fsp3) is 0.0870. The van der Waals surface area contributed by atoms with Crippen LogP contribution in [0.1, 0.15) is 21.6 Å². The number of nitrogens with one attached hydrogen (secondary N) is 2. The number of aromatic nitrogens is 3. The van der Waals surface area contributed by atoms with Crippen molar-refractivity contribution in [2.45, 2.75) is 18.4 Å². The van der Waals surface area contributed by atoms with Gasteiger partial charge in [-0.15, -0.1) is 0 Å². The van der Waals surface area contributed by atoms with Crippen LogP contribution < -0.4 is 10.0 Å². The van der Waals surface area contributed by atoms with Crippen LogP contribution in [-0.2, 0) is 16.6 Å². The fourth-order valence-electron chi connectivity index (χ4n) is 3.13. The first-order valence-electron chi connectivity index (χ1n) is 9.83. The van der Waals surface area contributed by atoms with E-state index >= 15 is 0 Å². The van der Waals surface area contributed by atoms with E-state index in [0.29, 0.717) is 23.6 Å². The maximum Gasteiger partial charge on any atom is 0.261 e. The smallest absolute Gasteiger partial charge is 0.261 e. The van der Waals surface area contributed by atoms with Gasteiger partial charge in [-0.1, -0.05) is 30.3 Å². The van der Waals surface area contributed by atoms with Gasteiger partial charge in [0.05, 0.1) is 22.8 Å². The molecule has 0 aliphatic carbocycles. The second kappa shape index (κ2) is 9.03. The molecule has 162 valence electrons. The highest BCUT2D eigenvalue weighted by Crippen LogP contribution is 2.18. The minimum atomic E-state index is -3.78. The molecule has 0 aliphatic heterocycles. The molecule has 0 aliphatic rings. The first kappa shape index (κ1) is 21.3. The van der Waals surface area contributed by atoms with Gasteiger partial charge in [-0.3, -0.25) is 14.5 Å². The number of sulfonamides is 1. The Morgan fingerprint density at radius 2 is 1.66 bits per heavy atom. The maximum atomic E-state index is 12.8. The van der Waals surface area contributed by atoms with Crippen molar-refractivity contribution < 1.29 is 13.2 Å². The summed E-state index contributed by atoms with van der Waals surface area (Å²) in [5, 5.41) is 7.30. The molecule has 2 heterocycles. The average molecular weight is 448 g/mol. The van der Waals surface area contributed by atoms with Crippen LogP contribution in [0.5, 0.6) is 0 Å². The van der Waals surface area contributed by atoms with Gasteiger partial charge in [-0.05, 0) is 48.9 Å². The first-order valence-corrected chi connectivity index (χ1v) is 11.3. The van der Waals surface area contributed by atoms with Crippen molar-refractivity contribution in [2.24, 2.45) is 0 Å². The van der Waals surface area contributed by atoms with Crippen LogP contribution in [0.2, 0.25) is 0 Å². The predicted molar refractivity (Wildman–Crippen MR) is 122 cm³/mol. The van der Waals surface area contributed by atoms with Crippen molar-refractivity contribution in [1.29, 1.82) is 0 Å². The second-order valence-corrected chi connectivity index (χ2v) is 8.82. The molecule has 0 unspecified atom stereocenters. The standard InChI is InChI=1S/C23H21N5O3S/c1-17-15-22(28(26-17)16-18-5-3-2-4-6-18)25-23(29)19-7-9-21(10-8-19)32(30,31)27-20-11-13-24-14-12-20/h2-15H,16H2,1H3,(H,24,27)(H,25,29). The van der Waals surface area contributed by atoms with Gasteiger partial charge in [-0.2, -0.15) is 5.10 Å². The van der Waals surface area contributed by atoms with Gasteiger partial charge < -0.3 is 5.32 Å². The zero-order valence-electron chi connectivity index (χ0n) is 17.3. The number of aryl methyl sites for hydroxylation is 1. The van der Waals surface area contributed by atoms with E-state index in [1.54, 1.807) is 22.9 Å². The lowest BCUT2D eigenvalue weighted by atomic mass is 10.2. The van der Waals surface area contributed by atoms with Gasteiger partial charge in [0.25, 0.3) is 15.9 Å². The Labute approximate surface area is 186 Å². The summed E-state index contributed by atoms with van der Waals surface area (Å²) in [6, 6.07) is 20.4. The molecule has 2 aromatic heterocycles. The molecule has 4 aromatic rings. The Morgan fingerprint density at radius 3 is 2.34 bits per heavy atom. The van der Waals surface area contributed by atoms with Gasteiger partial charge in [-0.25, -0.2) is 13.1 Å². The number of anilines is 2. The summed E-state index contributed by atoms with van der Waals surface area (Å²) < 4.78 is 29.3. The SMILES string of the molecule is Cc1cc(NC(=O)c2ccc(S(=O)(=O)Nc3ccncc3)cc2)n(Cc2ccccc2)n1. The molecule has 0 saturated carbocycles. The minimum Gasteiger partial charge on any atom is -0.307 e. The molecule has 2 aromatic carbocycles. The number of rotatable bonds is 7. The Bertz CT molecular complexity index is 1320. The third-order valence-corrected chi connectivity index (χ3v) is 6.08. The van der Waals surface area contributed by atoms with E-state index in [9.17, 15) is 13.2 Å². The number of hydrogen-bond acceptors (Lipinski definition) is 5. The average Bonchev–Trinajstić information content (AvgIpc) is 3.13. The van der Waals surface area contributed by atoms with E-state index in [1.807, 2.05) is 37.3 Å². The fourth-order valence-corrected chi connectivity index (χ4v) is 4.19. The van der Waals surface area contributed by atoms with Gasteiger partial charge in [0.15, 0.2) is 0 Å². The molecule has 1 amide bonds. The van der Waals surface area contributed by atoms with Crippen molar-refractivity contribution in [3.63, 3.8) is 0 Å². The number of amides is 1. The number of carbonyl (C=O) groups is 1. The van der Waals surface area contributed by atoms with E-state index in [4.69, 9.17) is 0 Å². The summed E-state index contributed by atoms with van der Waals surface area (Å²) in [7, 11) is -3.78. The maximum absolute atomic E-state index is 12.8. The highest BCUT2D eigenvalue weighted by atomic mass is 32.2. The zero-order chi connectivity index (χ0) is 22.6. The van der Waals surface area contributed by atoms with Crippen molar-refractivity contribution in [1.82, 2.24) is 14.8 Å². The number of carbonyl (C=O) groups excluding carboxylic acids is 1. The van der Waals surface area contributed by atoms with Crippen LogP contribution in [0.25, 0.3) is 0 Å². The molecule has 4 rings (SSSR count). The molecule has 0 fully saturated rings. The van der Waals surface area contributed by atoms with E-state index < -0.39 is 10.0 Å². The van der Waals surface area contributed by atoms with Crippen LogP contribution in [-0.4, -0.2) is 29.1 Å². The van der Waals surface area contributed by atoms with Crippen molar-refractivity contribution in [3.05, 3.63) is 102 Å². The Balaban J connectivity index is 1.48. The number of nitrogens with zero attached hydrogens (tertiary/aromatic N) is 3. The Hall–Kier alpha value is -3.98. The van der Waals surface area contributed by atoms with E-state index in [2.05, 4.69) is 20.1 Å². The third-order valence-electron chi connectivity index (χ3n) is 4.68. The number of hydrogen-bond donors (Lipinski definition) is 2. The van der Waals surface area contributed by atoms with Crippen LogP contribution in [0.4, 0.5) is 11.5 Å². The molecular weight excluding hydrogens is 426 g/mol. The van der Waals surface area contributed by atoms with Crippen LogP contribution in [0.3, 0.4) is 0 Å². The highest BCUT2D eigenvalue weighted by Gasteiger charge is 2.16. The van der Waals surface area contributed by atoms with E-state index in [0.717, 1.165) is 11.3 Å². The van der Waals surface area contributed by atoms with Crippen LogP contribution in [0, 0.1) is 6.92 Å². The molecular formula is C23H21N5O3S. The van der Waals surface area contributed by atoms with E-state index in [-0.39, 0.29) is 10.8 Å². The molecule has 8 nitrogen and oxygen atoms in total. The summed E-state index contributed by atoms with van der Waals surface area (Å²) in [6.45, 7) is 2.37. The summed E-state index contributed by atoms with van der Waals surface area (Å²) in [5.41, 5.74) is 2.57. The molecule has 2 N–H and O–H groups in total. The third kappa shape index (κ3) is 5.01. The Kier molecular flexibility index (Phi) is 6.00. The van der Waals surface area contributed by atoms with Crippen LogP contribution >= 0.6 is 0 Å². The number of benzene rings is 2. The van der Waals surface area contributed by atoms with Gasteiger partial charge >= 0.3 is 0 Å². The zero-order valence-corrected chi connectivity index (χ0v) is 18.1. The normalized spacial score (nSPS) is 11.2. The largest absolute Gasteiger partial charge is 0.307 e. The molecule has 32 heavy (non-hydrogen) atoms. The van der Waals surface area contributed by atoms with Gasteiger partial charge in [0.2, 0.25) is 0 Å². The molecule has 0 bridgehead atoms. The highest BCUT2D eigenvalue weighted by molar-refractivity contribution is 7.92. The predicted octanol–water partition coefficient (Wildman–Crippen LogP) is 3.69. The van der Waals surface area contributed by atoms with Crippen LogP contribution in [0.15, 0.2) is 90.1 Å². The summed E-state index contributed by atoms with van der Waals surface area (Å²) >= 11 is 0. The lowest BCUT2D eigenvalue weighted by molar-refractivity contribution is 0.102. The number of pyridine rings is 1. The molecule has 9 heteroatoms. The first-order chi connectivity index (χ1) is 15.4. The quantitative estimate of drug-likeness (QED) is 0.449. The monoisotopic (exact) mass is 447 g/mol. The van der Waals surface area contributed by atoms with Gasteiger partial charge in [0.1, 0.15) is 5.82 Å². The second-order valence-electron chi connectivity index (χ2n) is 7.13. The summed E-state index contributed by atoms with van der Waals surface area (Å²) in [6.07, 6.45) is 2.99. The van der Waals surface area contributed by atoms with Gasteiger partial charge in [0, 0.05) is 24.0 Å². The summed E-state index contributed by atoms with van der Waals surface area (Å²) in [5.74, 6) is 0.206. The van der Waals surface area contributed by atoms with Crippen molar-refractivity contribution in [2.75, 3.05) is 10.0 Å². The lowest BCUT2D eigenvalue weighted by Gasteiger charge is -2.10. The molecule has 0 spiro atoms. The molecule has 0 atom stereocenters. The lowest BCUT2D eigenvalue weighted by Crippen LogP contribution is -2.17. The Morgan fingerprint density at radius 1 is 0.969 bits per heavy atom. The van der Waals surface area contributed by atoms with Crippen molar-refractivity contribution in [3.8, 4) is 0 Å². The van der Waals surface area contributed by atoms with Crippen molar-refractivity contribution >= 4 is 27.4 Å². The minimum absolute atomic E-state index is 0.0517. The molecule has 0 saturated heterocycles. The topological polar surface area (TPSA) is 106 Å². The van der Waals surface area contributed by atoms with E-state index in [1.165, 1.54) is 36.7 Å². The summed E-state index contributed by atoms with van der Waals surface area (Å²) in [4.78, 5) is 16.7. The molecule has 0 radical (unpaired) electrons.